The average molecular weight is 648 g/mol. The maximum absolute atomic E-state index is 16.9. The first-order valence-electron chi connectivity index (χ1n) is 16.2. The SMILES string of the molecule is C#Cc1c(F)ccc2cc(O)cc(-c3c(F)cc4c(N5C[C@H]6CC[C@@H](C5)N6)nc(OC[C@@]5(C)CN(CC)CC[C@H]5CF)nc4c3F)c12. The molecule has 0 spiro atoms. The van der Waals surface area contributed by atoms with Crippen LogP contribution in [0.4, 0.5) is 23.4 Å². The van der Waals surface area contributed by atoms with E-state index in [1.165, 1.54) is 24.3 Å². The molecule has 2 N–H and O–H groups in total. The maximum atomic E-state index is 16.9. The Morgan fingerprint density at radius 1 is 1.09 bits per heavy atom. The summed E-state index contributed by atoms with van der Waals surface area (Å²) in [7, 11) is 0. The van der Waals surface area contributed by atoms with E-state index >= 15 is 8.78 Å². The number of rotatable bonds is 7. The summed E-state index contributed by atoms with van der Waals surface area (Å²) in [6.45, 7) is 7.09. The fourth-order valence-electron chi connectivity index (χ4n) is 7.78. The van der Waals surface area contributed by atoms with Crippen LogP contribution in [0.1, 0.15) is 38.7 Å². The molecular weight excluding hydrogens is 610 g/mol. The number of fused-ring (bicyclic) bond motifs is 4. The number of piperazine rings is 1. The Morgan fingerprint density at radius 2 is 1.85 bits per heavy atom. The maximum Gasteiger partial charge on any atom is 0.319 e. The quantitative estimate of drug-likeness (QED) is 0.183. The van der Waals surface area contributed by atoms with E-state index in [-0.39, 0.29) is 63.8 Å². The predicted molar refractivity (Wildman–Crippen MR) is 174 cm³/mol. The van der Waals surface area contributed by atoms with E-state index in [0.29, 0.717) is 37.3 Å². The minimum absolute atomic E-state index is 0.0925. The minimum atomic E-state index is -1.02. The third-order valence-electron chi connectivity index (χ3n) is 10.4. The molecule has 11 heteroatoms. The minimum Gasteiger partial charge on any atom is -0.508 e. The summed E-state index contributed by atoms with van der Waals surface area (Å²) in [5.74, 6) is -0.545. The van der Waals surface area contributed by atoms with Gasteiger partial charge >= 0.3 is 6.01 Å². The van der Waals surface area contributed by atoms with Crippen LogP contribution in [0.15, 0.2) is 30.3 Å². The van der Waals surface area contributed by atoms with Crippen LogP contribution in [0.25, 0.3) is 32.8 Å². The van der Waals surface area contributed by atoms with Gasteiger partial charge in [0.05, 0.1) is 24.4 Å². The molecule has 0 radical (unpaired) electrons. The second kappa shape index (κ2) is 12.1. The van der Waals surface area contributed by atoms with Gasteiger partial charge in [-0.25, -0.2) is 13.2 Å². The second-order valence-electron chi connectivity index (χ2n) is 13.4. The molecule has 4 aromatic rings. The number of phenolic OH excluding ortho intramolecular Hbond substituents is 1. The topological polar surface area (TPSA) is 73.8 Å². The standard InChI is InChI=1S/C36H37F4N5O2/c1-4-25-28(38)9-6-20-12-24(46)13-26(30(20)25)31-29(39)14-27-33(32(31)40)42-35(43-34(27)45-16-22-7-8-23(17-45)41-22)47-19-36(3)18-44(5-2)11-10-21(36)15-37/h1,6,9,12-14,21-23,41,46H,5,7-8,10-11,15-19H2,2-3H3/t21-,22-,23+,36+/m0/s1. The molecule has 7 nitrogen and oxygen atoms in total. The van der Waals surface area contributed by atoms with Gasteiger partial charge < -0.3 is 25.0 Å². The lowest BCUT2D eigenvalue weighted by Gasteiger charge is -2.44. The number of nitrogens with zero attached hydrogens (tertiary/aromatic N) is 4. The fraction of sp³-hybridized carbons (Fsp3) is 0.444. The van der Waals surface area contributed by atoms with Gasteiger partial charge in [0.1, 0.15) is 28.7 Å². The highest BCUT2D eigenvalue weighted by Crippen LogP contribution is 2.42. The Balaban J connectivity index is 1.39. The van der Waals surface area contributed by atoms with Crippen molar-refractivity contribution in [3.63, 3.8) is 0 Å². The monoisotopic (exact) mass is 647 g/mol. The second-order valence-corrected chi connectivity index (χ2v) is 13.4. The predicted octanol–water partition coefficient (Wildman–Crippen LogP) is 6.19. The number of benzene rings is 3. The molecule has 3 saturated heterocycles. The van der Waals surface area contributed by atoms with Gasteiger partial charge in [-0.2, -0.15) is 9.97 Å². The smallest absolute Gasteiger partial charge is 0.319 e. The van der Waals surface area contributed by atoms with Crippen molar-refractivity contribution in [2.45, 2.75) is 45.2 Å². The van der Waals surface area contributed by atoms with Crippen LogP contribution in [-0.4, -0.2) is 78.1 Å². The number of anilines is 1. The number of aromatic hydroxyl groups is 1. The number of piperidine rings is 1. The van der Waals surface area contributed by atoms with Gasteiger partial charge in [0.2, 0.25) is 0 Å². The molecule has 4 heterocycles. The van der Waals surface area contributed by atoms with Gasteiger partial charge in [0.15, 0.2) is 5.82 Å². The molecule has 3 aromatic carbocycles. The molecule has 4 atom stereocenters. The lowest BCUT2D eigenvalue weighted by atomic mass is 9.73. The molecular formula is C36H37F4N5O2. The number of alkyl halides is 1. The third kappa shape index (κ3) is 5.51. The van der Waals surface area contributed by atoms with Crippen molar-refractivity contribution in [1.82, 2.24) is 20.2 Å². The molecule has 1 aromatic heterocycles. The molecule has 3 aliphatic rings. The summed E-state index contributed by atoms with van der Waals surface area (Å²) in [5.41, 5.74) is -1.52. The number of nitrogens with one attached hydrogen (secondary N) is 1. The highest BCUT2D eigenvalue weighted by atomic mass is 19.1. The van der Waals surface area contributed by atoms with E-state index in [9.17, 15) is 13.9 Å². The number of ether oxygens (including phenoxy) is 1. The lowest BCUT2D eigenvalue weighted by Crippen LogP contribution is -2.51. The van der Waals surface area contributed by atoms with Gasteiger partial charge in [0.25, 0.3) is 0 Å². The molecule has 7 rings (SSSR count). The summed E-state index contributed by atoms with van der Waals surface area (Å²) in [4.78, 5) is 13.5. The molecule has 47 heavy (non-hydrogen) atoms. The van der Waals surface area contributed by atoms with Crippen molar-refractivity contribution in [3.05, 3.63) is 53.3 Å². The molecule has 0 saturated carbocycles. The molecule has 246 valence electrons. The van der Waals surface area contributed by atoms with Gasteiger partial charge in [-0.1, -0.05) is 25.8 Å². The van der Waals surface area contributed by atoms with Crippen LogP contribution in [-0.2, 0) is 0 Å². The summed E-state index contributed by atoms with van der Waals surface area (Å²) in [5, 5.41) is 14.7. The van der Waals surface area contributed by atoms with Crippen LogP contribution in [0.2, 0.25) is 0 Å². The summed E-state index contributed by atoms with van der Waals surface area (Å²) in [6.07, 6.45) is 8.30. The van der Waals surface area contributed by atoms with Crippen molar-refractivity contribution in [3.8, 4) is 35.2 Å². The summed E-state index contributed by atoms with van der Waals surface area (Å²) in [6, 6.07) is 6.57. The first-order chi connectivity index (χ1) is 22.6. The van der Waals surface area contributed by atoms with Crippen molar-refractivity contribution in [2.24, 2.45) is 11.3 Å². The Bertz CT molecular complexity index is 1900. The van der Waals surface area contributed by atoms with E-state index < -0.39 is 35.1 Å². The van der Waals surface area contributed by atoms with Crippen molar-refractivity contribution in [1.29, 1.82) is 0 Å². The fourth-order valence-corrected chi connectivity index (χ4v) is 7.78. The Hall–Kier alpha value is -4.14. The zero-order valence-electron chi connectivity index (χ0n) is 26.4. The van der Waals surface area contributed by atoms with Gasteiger partial charge in [0, 0.05) is 53.5 Å². The molecule has 3 fully saturated rings. The number of hydrogen-bond acceptors (Lipinski definition) is 7. The van der Waals surface area contributed by atoms with E-state index in [1.54, 1.807) is 0 Å². The Morgan fingerprint density at radius 3 is 2.55 bits per heavy atom. The van der Waals surface area contributed by atoms with Crippen molar-refractivity contribution >= 4 is 27.5 Å². The van der Waals surface area contributed by atoms with E-state index in [1.807, 2.05) is 11.8 Å². The molecule has 2 bridgehead atoms. The zero-order chi connectivity index (χ0) is 33.0. The Kier molecular flexibility index (Phi) is 8.13. The van der Waals surface area contributed by atoms with Gasteiger partial charge in [-0.15, -0.1) is 6.42 Å². The third-order valence-corrected chi connectivity index (χ3v) is 10.4. The van der Waals surface area contributed by atoms with Crippen LogP contribution in [0, 0.1) is 41.1 Å². The zero-order valence-corrected chi connectivity index (χ0v) is 26.4. The molecule has 0 amide bonds. The van der Waals surface area contributed by atoms with Crippen LogP contribution < -0.4 is 15.0 Å². The number of terminal acetylenes is 1. The highest BCUT2D eigenvalue weighted by molar-refractivity contribution is 6.04. The van der Waals surface area contributed by atoms with Crippen LogP contribution >= 0.6 is 0 Å². The van der Waals surface area contributed by atoms with Crippen molar-refractivity contribution < 1.29 is 27.4 Å². The number of hydrogen-bond donors (Lipinski definition) is 2. The molecule has 0 unspecified atom stereocenters. The highest BCUT2D eigenvalue weighted by Gasteiger charge is 2.41. The summed E-state index contributed by atoms with van der Waals surface area (Å²) < 4.78 is 68.4. The van der Waals surface area contributed by atoms with Crippen molar-refractivity contribution in [2.75, 3.05) is 50.9 Å². The molecule has 3 aliphatic heterocycles. The van der Waals surface area contributed by atoms with E-state index in [4.69, 9.17) is 16.1 Å². The van der Waals surface area contributed by atoms with E-state index in [0.717, 1.165) is 32.0 Å². The Labute approximate surface area is 270 Å². The normalized spacial score (nSPS) is 24.6. The van der Waals surface area contributed by atoms with Crippen LogP contribution in [0.3, 0.4) is 0 Å². The van der Waals surface area contributed by atoms with Gasteiger partial charge in [-0.05, 0) is 67.9 Å². The van der Waals surface area contributed by atoms with E-state index in [2.05, 4.69) is 28.0 Å². The number of phenols is 1. The largest absolute Gasteiger partial charge is 0.508 e. The first-order valence-corrected chi connectivity index (χ1v) is 16.2. The number of halogens is 4. The van der Waals surface area contributed by atoms with Gasteiger partial charge in [-0.3, -0.25) is 4.39 Å². The first kappa shape index (κ1) is 31.5. The lowest BCUT2D eigenvalue weighted by molar-refractivity contribution is -0.00718. The molecule has 0 aliphatic carbocycles. The average Bonchev–Trinajstić information content (AvgIpc) is 3.40. The van der Waals surface area contributed by atoms with Crippen LogP contribution in [0.5, 0.6) is 11.8 Å². The number of aromatic nitrogens is 2. The summed E-state index contributed by atoms with van der Waals surface area (Å²) >= 11 is 0. The number of likely N-dealkylation sites (tertiary alicyclic amines) is 1.